The van der Waals surface area contributed by atoms with Crippen LogP contribution in [0.1, 0.15) is 17.4 Å². The van der Waals surface area contributed by atoms with Gasteiger partial charge in [0.25, 0.3) is 0 Å². The van der Waals surface area contributed by atoms with Crippen LogP contribution in [-0.2, 0) is 6.42 Å². The second-order valence-electron chi connectivity index (χ2n) is 3.61. The fourth-order valence-corrected chi connectivity index (χ4v) is 2.14. The van der Waals surface area contributed by atoms with Crippen molar-refractivity contribution in [3.05, 3.63) is 56.4 Å². The minimum atomic E-state index is -0.696. The van der Waals surface area contributed by atoms with Gasteiger partial charge in [-0.25, -0.2) is 0 Å². The van der Waals surface area contributed by atoms with E-state index in [1.165, 1.54) is 0 Å². The van der Waals surface area contributed by atoms with Crippen molar-refractivity contribution in [3.63, 3.8) is 0 Å². The van der Waals surface area contributed by atoms with Crippen molar-refractivity contribution in [2.75, 3.05) is 0 Å². The number of hydrogen-bond donors (Lipinski definition) is 1. The zero-order valence-electron chi connectivity index (χ0n) is 8.66. The van der Waals surface area contributed by atoms with E-state index in [2.05, 4.69) is 15.9 Å². The number of halogens is 3. The van der Waals surface area contributed by atoms with Gasteiger partial charge in [-0.3, -0.25) is 0 Å². The molecule has 2 aromatic rings. The number of aliphatic hydroxyl groups is 1. The first-order chi connectivity index (χ1) is 8.06. The Balaban J connectivity index is 2.12. The Kier molecular flexibility index (Phi) is 4.15. The maximum absolute atomic E-state index is 9.96. The quantitative estimate of drug-likeness (QED) is 0.887. The van der Waals surface area contributed by atoms with E-state index < -0.39 is 6.10 Å². The van der Waals surface area contributed by atoms with Crippen LogP contribution in [0, 0.1) is 0 Å². The Morgan fingerprint density at radius 3 is 2.53 bits per heavy atom. The van der Waals surface area contributed by atoms with E-state index >= 15 is 0 Å². The minimum absolute atomic E-state index is 0.427. The van der Waals surface area contributed by atoms with E-state index in [-0.39, 0.29) is 0 Å². The lowest BCUT2D eigenvalue weighted by Crippen LogP contribution is -2.00. The molecular weight excluding hydrogens is 327 g/mol. The van der Waals surface area contributed by atoms with E-state index in [0.717, 1.165) is 5.56 Å². The van der Waals surface area contributed by atoms with Crippen LogP contribution in [0.15, 0.2) is 39.4 Å². The third kappa shape index (κ3) is 3.26. The molecule has 2 rings (SSSR count). The molecule has 90 valence electrons. The molecule has 1 heterocycles. The molecule has 0 amide bonds. The highest BCUT2D eigenvalue weighted by Crippen LogP contribution is 2.27. The number of furan rings is 1. The van der Waals surface area contributed by atoms with Gasteiger partial charge in [0.15, 0.2) is 4.67 Å². The molecule has 0 spiro atoms. The Morgan fingerprint density at radius 2 is 1.94 bits per heavy atom. The molecule has 2 nitrogen and oxygen atoms in total. The van der Waals surface area contributed by atoms with E-state index in [1.54, 1.807) is 24.3 Å². The highest BCUT2D eigenvalue weighted by atomic mass is 79.9. The standard InChI is InChI=1S/C12H9BrCl2O2/c13-12-4-3-11(17-12)10(16)6-7-1-2-8(14)9(15)5-7/h1-5,10,16H,6H2. The van der Waals surface area contributed by atoms with Gasteiger partial charge >= 0.3 is 0 Å². The van der Waals surface area contributed by atoms with Gasteiger partial charge in [-0.1, -0.05) is 29.3 Å². The summed E-state index contributed by atoms with van der Waals surface area (Å²) in [6, 6.07) is 8.75. The average molecular weight is 336 g/mol. The van der Waals surface area contributed by atoms with Crippen LogP contribution in [0.5, 0.6) is 0 Å². The maximum Gasteiger partial charge on any atom is 0.169 e. The predicted molar refractivity (Wildman–Crippen MR) is 71.5 cm³/mol. The number of rotatable bonds is 3. The zero-order chi connectivity index (χ0) is 12.4. The predicted octanol–water partition coefficient (Wildman–Crippen LogP) is 4.63. The molecule has 0 radical (unpaired) electrons. The number of hydrogen-bond acceptors (Lipinski definition) is 2. The number of benzene rings is 1. The monoisotopic (exact) mass is 334 g/mol. The molecule has 5 heteroatoms. The average Bonchev–Trinajstić information content (AvgIpc) is 2.70. The summed E-state index contributed by atoms with van der Waals surface area (Å²) in [6.45, 7) is 0. The number of aliphatic hydroxyl groups excluding tert-OH is 1. The van der Waals surface area contributed by atoms with E-state index in [0.29, 0.717) is 26.9 Å². The summed E-state index contributed by atoms with van der Waals surface area (Å²) >= 11 is 14.9. The van der Waals surface area contributed by atoms with Crippen LogP contribution in [0.2, 0.25) is 10.0 Å². The first kappa shape index (κ1) is 13.0. The molecule has 0 saturated heterocycles. The van der Waals surface area contributed by atoms with Crippen molar-refractivity contribution in [3.8, 4) is 0 Å². The van der Waals surface area contributed by atoms with Gasteiger partial charge in [0, 0.05) is 6.42 Å². The third-order valence-electron chi connectivity index (χ3n) is 2.34. The molecule has 0 aliphatic heterocycles. The second kappa shape index (κ2) is 5.44. The lowest BCUT2D eigenvalue weighted by Gasteiger charge is -2.08. The Labute approximate surface area is 117 Å². The van der Waals surface area contributed by atoms with Crippen LogP contribution >= 0.6 is 39.1 Å². The highest BCUT2D eigenvalue weighted by molar-refractivity contribution is 9.10. The van der Waals surface area contributed by atoms with Crippen molar-refractivity contribution in [2.45, 2.75) is 12.5 Å². The van der Waals surface area contributed by atoms with Gasteiger partial charge in [-0.05, 0) is 45.8 Å². The van der Waals surface area contributed by atoms with Gasteiger partial charge < -0.3 is 9.52 Å². The summed E-state index contributed by atoms with van der Waals surface area (Å²) < 4.78 is 5.88. The SMILES string of the molecule is OC(Cc1ccc(Cl)c(Cl)c1)c1ccc(Br)o1. The van der Waals surface area contributed by atoms with Crippen molar-refractivity contribution < 1.29 is 9.52 Å². The van der Waals surface area contributed by atoms with Gasteiger partial charge in [0.2, 0.25) is 0 Å². The lowest BCUT2D eigenvalue weighted by atomic mass is 10.1. The van der Waals surface area contributed by atoms with Gasteiger partial charge in [-0.2, -0.15) is 0 Å². The maximum atomic E-state index is 9.96. The molecule has 0 aliphatic rings. The fourth-order valence-electron chi connectivity index (χ4n) is 1.50. The van der Waals surface area contributed by atoms with E-state index in [9.17, 15) is 5.11 Å². The third-order valence-corrected chi connectivity index (χ3v) is 3.50. The molecule has 0 saturated carbocycles. The summed E-state index contributed by atoms with van der Waals surface area (Å²) in [7, 11) is 0. The fraction of sp³-hybridized carbons (Fsp3) is 0.167. The summed E-state index contributed by atoms with van der Waals surface area (Å²) in [4.78, 5) is 0. The second-order valence-corrected chi connectivity index (χ2v) is 5.21. The molecule has 1 unspecified atom stereocenters. The topological polar surface area (TPSA) is 33.4 Å². The Bertz CT molecular complexity index is 525. The van der Waals surface area contributed by atoms with Gasteiger partial charge in [-0.15, -0.1) is 0 Å². The van der Waals surface area contributed by atoms with Crippen molar-refractivity contribution >= 4 is 39.1 Å². The van der Waals surface area contributed by atoms with Crippen LogP contribution in [-0.4, -0.2) is 5.11 Å². The Morgan fingerprint density at radius 1 is 1.18 bits per heavy atom. The molecule has 0 aliphatic carbocycles. The van der Waals surface area contributed by atoms with Crippen molar-refractivity contribution in [2.24, 2.45) is 0 Å². The van der Waals surface area contributed by atoms with E-state index in [4.69, 9.17) is 27.6 Å². The van der Waals surface area contributed by atoms with Crippen molar-refractivity contribution in [1.29, 1.82) is 0 Å². The van der Waals surface area contributed by atoms with Crippen LogP contribution in [0.3, 0.4) is 0 Å². The molecule has 0 fully saturated rings. The lowest BCUT2D eigenvalue weighted by molar-refractivity contribution is 0.149. The molecule has 1 aromatic heterocycles. The molecule has 0 bridgehead atoms. The molecule has 1 atom stereocenters. The molecule has 17 heavy (non-hydrogen) atoms. The molecule has 1 N–H and O–H groups in total. The largest absolute Gasteiger partial charge is 0.452 e. The van der Waals surface area contributed by atoms with Gasteiger partial charge in [0.05, 0.1) is 10.0 Å². The summed E-state index contributed by atoms with van der Waals surface area (Å²) in [5, 5.41) is 10.9. The van der Waals surface area contributed by atoms with Crippen LogP contribution < -0.4 is 0 Å². The highest BCUT2D eigenvalue weighted by Gasteiger charge is 2.13. The minimum Gasteiger partial charge on any atom is -0.452 e. The first-order valence-corrected chi connectivity index (χ1v) is 6.48. The van der Waals surface area contributed by atoms with Gasteiger partial charge in [0.1, 0.15) is 11.9 Å². The zero-order valence-corrected chi connectivity index (χ0v) is 11.8. The molecule has 1 aromatic carbocycles. The Hall–Kier alpha value is -0.480. The first-order valence-electron chi connectivity index (χ1n) is 4.93. The summed E-state index contributed by atoms with van der Waals surface area (Å²) in [6.07, 6.45) is -0.268. The molecular formula is C12H9BrCl2O2. The van der Waals surface area contributed by atoms with E-state index in [1.807, 2.05) is 6.07 Å². The smallest absolute Gasteiger partial charge is 0.169 e. The van der Waals surface area contributed by atoms with Crippen LogP contribution in [0.25, 0.3) is 0 Å². The summed E-state index contributed by atoms with van der Waals surface area (Å²) in [5.74, 6) is 0.517. The summed E-state index contributed by atoms with van der Waals surface area (Å²) in [5.41, 5.74) is 0.902. The normalized spacial score (nSPS) is 12.7. The van der Waals surface area contributed by atoms with Crippen LogP contribution in [0.4, 0.5) is 0 Å². The van der Waals surface area contributed by atoms with Crippen molar-refractivity contribution in [1.82, 2.24) is 0 Å².